The summed E-state index contributed by atoms with van der Waals surface area (Å²) in [4.78, 5) is 0. The minimum absolute atomic E-state index is 0. The van der Waals surface area contributed by atoms with Gasteiger partial charge in [0.05, 0.1) is 0 Å². The van der Waals surface area contributed by atoms with Crippen molar-refractivity contribution in [3.63, 3.8) is 0 Å². The molecule has 8 heavy (non-hydrogen) atoms. The molecule has 0 fully saturated rings. The third kappa shape index (κ3) is 211. The van der Waals surface area contributed by atoms with Gasteiger partial charge in [-0.1, -0.05) is 0 Å². The summed E-state index contributed by atoms with van der Waals surface area (Å²) in [5.74, 6) is 0. The standard InChI is InChI=1S/3C2H5.FH.La/c3*1-2;;/h3*1H2,2H3;1H;/q3*-1;;/p-1. The Hall–Kier alpha value is 1.12. The molecule has 0 aliphatic carbocycles. The average Bonchev–Trinajstić information content (AvgIpc) is 1.81. The average molecular weight is 245 g/mol. The third-order valence-corrected chi connectivity index (χ3v) is 0. The first kappa shape index (κ1) is 35.4. The zero-order valence-electron chi connectivity index (χ0n) is 6.08. The molecule has 0 rings (SSSR count). The second-order valence-electron chi connectivity index (χ2n) is 0. The predicted octanol–water partition coefficient (Wildman–Crippen LogP) is -0.475. The van der Waals surface area contributed by atoms with Crippen LogP contribution in [0.4, 0.5) is 0 Å². The molecule has 0 aliphatic heterocycles. The van der Waals surface area contributed by atoms with Gasteiger partial charge in [0.1, 0.15) is 0 Å². The fraction of sp³-hybridized carbons (Fsp3) is 0.500. The Morgan fingerprint density at radius 1 is 0.625 bits per heavy atom. The van der Waals surface area contributed by atoms with Crippen molar-refractivity contribution in [2.45, 2.75) is 20.8 Å². The van der Waals surface area contributed by atoms with Gasteiger partial charge in [0.15, 0.2) is 0 Å². The van der Waals surface area contributed by atoms with Gasteiger partial charge in [-0.25, -0.2) is 0 Å². The van der Waals surface area contributed by atoms with E-state index in [1.165, 1.54) is 0 Å². The molecule has 0 heterocycles. The van der Waals surface area contributed by atoms with Crippen molar-refractivity contribution in [2.24, 2.45) is 0 Å². The molecule has 0 saturated heterocycles. The maximum absolute atomic E-state index is 3.25. The van der Waals surface area contributed by atoms with Crippen LogP contribution in [0.1, 0.15) is 20.8 Å². The Kier molecular flexibility index (Phi) is 1440. The molecular weight excluding hydrogens is 230 g/mol. The molecule has 0 aromatic rings. The molecule has 0 saturated carbocycles. The zero-order chi connectivity index (χ0) is 6.00. The van der Waals surface area contributed by atoms with Crippen LogP contribution in [0.15, 0.2) is 0 Å². The van der Waals surface area contributed by atoms with Crippen LogP contribution in [0.3, 0.4) is 0 Å². The summed E-state index contributed by atoms with van der Waals surface area (Å²) in [5.41, 5.74) is 0. The maximum Gasteiger partial charge on any atom is 0 e. The van der Waals surface area contributed by atoms with E-state index < -0.39 is 0 Å². The second-order valence-corrected chi connectivity index (χ2v) is 0. The second kappa shape index (κ2) is 326. The van der Waals surface area contributed by atoms with E-state index >= 15 is 0 Å². The largest absolute Gasteiger partial charge is 1.00 e. The van der Waals surface area contributed by atoms with Gasteiger partial charge < -0.3 is 25.5 Å². The molecule has 0 N–H and O–H groups in total. The monoisotopic (exact) mass is 245 g/mol. The molecule has 0 aromatic carbocycles. The Balaban J connectivity index is -0.00000000500. The topological polar surface area (TPSA) is 0 Å². The van der Waals surface area contributed by atoms with Crippen molar-refractivity contribution in [1.29, 1.82) is 0 Å². The van der Waals surface area contributed by atoms with E-state index in [1.807, 2.05) is 0 Å². The maximum atomic E-state index is 3.25. The van der Waals surface area contributed by atoms with E-state index in [9.17, 15) is 0 Å². The first-order valence-corrected chi connectivity index (χ1v) is 2.12. The van der Waals surface area contributed by atoms with Crippen LogP contribution in [0.2, 0.25) is 0 Å². The summed E-state index contributed by atoms with van der Waals surface area (Å²) in [6, 6.07) is 0. The molecule has 0 aliphatic rings. The van der Waals surface area contributed by atoms with Crippen LogP contribution in [-0.4, -0.2) is 0 Å². The Labute approximate surface area is 81.4 Å². The van der Waals surface area contributed by atoms with Gasteiger partial charge >= 0.3 is 0 Å². The minimum Gasteiger partial charge on any atom is -1.00 e. The molecule has 0 bridgehead atoms. The van der Waals surface area contributed by atoms with Crippen molar-refractivity contribution in [1.82, 2.24) is 0 Å². The van der Waals surface area contributed by atoms with Gasteiger partial charge in [0.2, 0.25) is 0 Å². The fourth-order valence-electron chi connectivity index (χ4n) is 0. The van der Waals surface area contributed by atoms with Gasteiger partial charge in [0, 0.05) is 35.6 Å². The zero-order valence-corrected chi connectivity index (χ0v) is 9.70. The molecule has 1 radical (unpaired) electrons. The first-order valence-electron chi connectivity index (χ1n) is 2.12. The van der Waals surface area contributed by atoms with E-state index in [1.54, 1.807) is 20.8 Å². The molecule has 0 amide bonds. The van der Waals surface area contributed by atoms with Gasteiger partial charge in [-0.05, 0) is 0 Å². The SMILES string of the molecule is [CH2-]C.[CH2-]C.[CH2-]C.[F-].[La]. The molecule has 0 unspecified atom stereocenters. The summed E-state index contributed by atoms with van der Waals surface area (Å²) in [6.07, 6.45) is 0. The van der Waals surface area contributed by atoms with E-state index in [0.29, 0.717) is 0 Å². The van der Waals surface area contributed by atoms with Crippen LogP contribution < -0.4 is 4.70 Å². The molecule has 0 nitrogen and oxygen atoms in total. The third-order valence-electron chi connectivity index (χ3n) is 0. The number of halogens is 1. The minimum atomic E-state index is 0. The van der Waals surface area contributed by atoms with Gasteiger partial charge in [-0.15, -0.1) is 0 Å². The van der Waals surface area contributed by atoms with Crippen molar-refractivity contribution >= 4 is 0 Å². The van der Waals surface area contributed by atoms with Crippen LogP contribution in [-0.2, 0) is 0 Å². The quantitative estimate of drug-likeness (QED) is 0.506. The smallest absolute Gasteiger partial charge is 0 e. The Morgan fingerprint density at radius 2 is 0.625 bits per heavy atom. The molecule has 0 aromatic heterocycles. The Morgan fingerprint density at radius 3 is 0.625 bits per heavy atom. The van der Waals surface area contributed by atoms with Crippen molar-refractivity contribution in [3.8, 4) is 0 Å². The van der Waals surface area contributed by atoms with E-state index in [4.69, 9.17) is 0 Å². The van der Waals surface area contributed by atoms with Crippen LogP contribution in [0.25, 0.3) is 0 Å². The van der Waals surface area contributed by atoms with E-state index in [2.05, 4.69) is 20.8 Å². The van der Waals surface area contributed by atoms with E-state index in [0.717, 1.165) is 0 Å². The molecule has 0 atom stereocenters. The molecule has 2 heteroatoms. The summed E-state index contributed by atoms with van der Waals surface area (Å²) in [7, 11) is 0. The van der Waals surface area contributed by atoms with Crippen molar-refractivity contribution in [3.05, 3.63) is 20.8 Å². The normalized spacial score (nSPS) is 2.25. The first-order chi connectivity index (χ1) is 3.00. The van der Waals surface area contributed by atoms with Gasteiger partial charge in [0.25, 0.3) is 0 Å². The van der Waals surface area contributed by atoms with Crippen molar-refractivity contribution in [2.75, 3.05) is 0 Å². The summed E-state index contributed by atoms with van der Waals surface area (Å²) < 4.78 is 0. The molecule has 0 spiro atoms. The van der Waals surface area contributed by atoms with E-state index in [-0.39, 0.29) is 40.3 Å². The van der Waals surface area contributed by atoms with Gasteiger partial charge in [-0.2, -0.15) is 20.8 Å². The number of rotatable bonds is 0. The van der Waals surface area contributed by atoms with Gasteiger partial charge in [-0.3, -0.25) is 0 Å². The van der Waals surface area contributed by atoms with Crippen LogP contribution in [0, 0.1) is 56.4 Å². The Bertz CT molecular complexity index is 8.49. The summed E-state index contributed by atoms with van der Waals surface area (Å²) in [5, 5.41) is 0. The summed E-state index contributed by atoms with van der Waals surface area (Å²) >= 11 is 0. The molecular formula is C6H15FLa-4. The van der Waals surface area contributed by atoms with Crippen LogP contribution in [0.5, 0.6) is 0 Å². The summed E-state index contributed by atoms with van der Waals surface area (Å²) in [6.45, 7) is 15.0. The van der Waals surface area contributed by atoms with Crippen molar-refractivity contribution < 1.29 is 40.3 Å². The van der Waals surface area contributed by atoms with Crippen LogP contribution >= 0.6 is 0 Å². The molecule has 53 valence electrons. The predicted molar refractivity (Wildman–Crippen MR) is 33.1 cm³/mol. The number of hydrogen-bond donors (Lipinski definition) is 0. The number of hydrogen-bond acceptors (Lipinski definition) is 0. The fourth-order valence-corrected chi connectivity index (χ4v) is 0.